The molecule has 1 N–H and O–H groups in total. The van der Waals surface area contributed by atoms with Gasteiger partial charge in [-0.15, -0.1) is 0 Å². The van der Waals surface area contributed by atoms with Crippen LogP contribution in [-0.4, -0.2) is 39.7 Å². The smallest absolute Gasteiger partial charge is 0.410 e. The lowest BCUT2D eigenvalue weighted by atomic mass is 9.97. The van der Waals surface area contributed by atoms with Crippen molar-refractivity contribution in [2.75, 3.05) is 13.1 Å². The molecule has 0 bridgehead atoms. The van der Waals surface area contributed by atoms with Crippen LogP contribution in [0.2, 0.25) is 0 Å². The number of aromatic nitrogens is 2. The van der Waals surface area contributed by atoms with Crippen LogP contribution in [-0.2, 0) is 4.74 Å². The standard InChI is InChI=1S/C15H22N2O2.C10H14N2/c1-15(2,3)19-14(18)17-10-5-4-8-13(17)12-7-6-9-16-11-12;1-2-7-12-10(5-1)9-4-3-6-11-8-9/h6-7,9,11,13H,4-5,8,10H2,1-3H3;3-4,6,8,10,12H,1-2,5,7H2/t13-;10-/m00/s1. The van der Waals surface area contributed by atoms with E-state index in [1.165, 1.54) is 24.8 Å². The molecule has 2 saturated heterocycles. The monoisotopic (exact) mass is 424 g/mol. The zero-order valence-electron chi connectivity index (χ0n) is 19.1. The molecule has 0 aliphatic carbocycles. The summed E-state index contributed by atoms with van der Waals surface area (Å²) >= 11 is 0. The molecule has 2 aliphatic rings. The van der Waals surface area contributed by atoms with Crippen LogP contribution in [0, 0.1) is 0 Å². The maximum atomic E-state index is 12.3. The quantitative estimate of drug-likeness (QED) is 0.695. The number of ether oxygens (including phenoxy) is 1. The number of nitrogens with one attached hydrogen (secondary N) is 1. The molecule has 0 radical (unpaired) electrons. The van der Waals surface area contributed by atoms with Gasteiger partial charge in [-0.1, -0.05) is 18.6 Å². The van der Waals surface area contributed by atoms with Crippen LogP contribution in [0.3, 0.4) is 0 Å². The number of piperidine rings is 2. The molecule has 0 aromatic carbocycles. The lowest BCUT2D eigenvalue weighted by molar-refractivity contribution is 0.00948. The van der Waals surface area contributed by atoms with E-state index in [-0.39, 0.29) is 12.1 Å². The molecule has 31 heavy (non-hydrogen) atoms. The van der Waals surface area contributed by atoms with Gasteiger partial charge >= 0.3 is 6.09 Å². The summed E-state index contributed by atoms with van der Waals surface area (Å²) in [6.45, 7) is 7.60. The van der Waals surface area contributed by atoms with Crippen LogP contribution in [0.5, 0.6) is 0 Å². The summed E-state index contributed by atoms with van der Waals surface area (Å²) in [5.74, 6) is 0. The summed E-state index contributed by atoms with van der Waals surface area (Å²) in [5, 5.41) is 3.50. The average Bonchev–Trinajstić information content (AvgIpc) is 2.80. The predicted octanol–water partition coefficient (Wildman–Crippen LogP) is 5.44. The molecule has 168 valence electrons. The van der Waals surface area contributed by atoms with Crippen molar-refractivity contribution in [1.82, 2.24) is 20.2 Å². The Morgan fingerprint density at radius 3 is 2.26 bits per heavy atom. The Morgan fingerprint density at radius 2 is 1.68 bits per heavy atom. The van der Waals surface area contributed by atoms with Gasteiger partial charge in [0.25, 0.3) is 0 Å². The Balaban J connectivity index is 0.000000194. The van der Waals surface area contributed by atoms with Crippen molar-refractivity contribution in [2.45, 2.75) is 77.0 Å². The maximum Gasteiger partial charge on any atom is 0.410 e. The minimum atomic E-state index is -0.450. The minimum absolute atomic E-state index is 0.0947. The van der Waals surface area contributed by atoms with Crippen molar-refractivity contribution >= 4 is 6.09 Å². The van der Waals surface area contributed by atoms with Gasteiger partial charge in [0.05, 0.1) is 6.04 Å². The number of amides is 1. The first-order chi connectivity index (χ1) is 14.9. The first-order valence-corrected chi connectivity index (χ1v) is 11.5. The number of pyridine rings is 2. The van der Waals surface area contributed by atoms with Gasteiger partial charge in [0.15, 0.2) is 0 Å². The Kier molecular flexibility index (Phi) is 8.41. The van der Waals surface area contributed by atoms with E-state index < -0.39 is 5.60 Å². The van der Waals surface area contributed by atoms with Crippen LogP contribution < -0.4 is 5.32 Å². The molecule has 2 aromatic rings. The molecule has 4 heterocycles. The zero-order valence-corrected chi connectivity index (χ0v) is 19.1. The number of carbonyl (C=O) groups excluding carboxylic acids is 1. The molecule has 2 aromatic heterocycles. The number of carbonyl (C=O) groups is 1. The number of likely N-dealkylation sites (tertiary alicyclic amines) is 1. The highest BCUT2D eigenvalue weighted by molar-refractivity contribution is 5.69. The predicted molar refractivity (Wildman–Crippen MR) is 123 cm³/mol. The van der Waals surface area contributed by atoms with Gasteiger partial charge in [-0.25, -0.2) is 4.79 Å². The largest absolute Gasteiger partial charge is 0.444 e. The molecule has 0 saturated carbocycles. The second-order valence-corrected chi connectivity index (χ2v) is 9.26. The summed E-state index contributed by atoms with van der Waals surface area (Å²) in [6.07, 6.45) is 14.2. The van der Waals surface area contributed by atoms with Gasteiger partial charge in [-0.3, -0.25) is 9.97 Å². The number of rotatable bonds is 2. The summed E-state index contributed by atoms with van der Waals surface area (Å²) in [6, 6.07) is 8.74. The third-order valence-electron chi connectivity index (χ3n) is 5.60. The van der Waals surface area contributed by atoms with Crippen molar-refractivity contribution in [3.63, 3.8) is 0 Å². The number of hydrogen-bond acceptors (Lipinski definition) is 5. The fourth-order valence-corrected chi connectivity index (χ4v) is 4.11. The summed E-state index contributed by atoms with van der Waals surface area (Å²) in [7, 11) is 0. The first kappa shape index (κ1) is 23.2. The highest BCUT2D eigenvalue weighted by Crippen LogP contribution is 2.31. The van der Waals surface area contributed by atoms with Crippen molar-refractivity contribution in [3.05, 3.63) is 60.2 Å². The zero-order chi connectivity index (χ0) is 22.1. The summed E-state index contributed by atoms with van der Waals surface area (Å²) in [5.41, 5.74) is 1.97. The van der Waals surface area contributed by atoms with E-state index in [0.29, 0.717) is 6.04 Å². The Morgan fingerprint density at radius 1 is 1.00 bits per heavy atom. The lowest BCUT2D eigenvalue weighted by Gasteiger charge is -2.36. The molecule has 0 unspecified atom stereocenters. The highest BCUT2D eigenvalue weighted by atomic mass is 16.6. The van der Waals surface area contributed by atoms with Gasteiger partial charge < -0.3 is 15.0 Å². The fourth-order valence-electron chi connectivity index (χ4n) is 4.11. The molecule has 6 heteroatoms. The van der Waals surface area contributed by atoms with E-state index in [1.54, 1.807) is 6.20 Å². The van der Waals surface area contributed by atoms with Crippen LogP contribution in [0.15, 0.2) is 49.1 Å². The van der Waals surface area contributed by atoms with Gasteiger partial charge in [-0.2, -0.15) is 0 Å². The van der Waals surface area contributed by atoms with E-state index in [1.807, 2.05) is 62.5 Å². The molecular formula is C25H36N4O2. The summed E-state index contributed by atoms with van der Waals surface area (Å²) < 4.78 is 5.50. The third kappa shape index (κ3) is 7.31. The SMILES string of the molecule is CC(C)(C)OC(=O)N1CCCC[C@H]1c1cccnc1.c1cncc([C@@H]2CCCCN2)c1. The molecule has 6 nitrogen and oxygen atoms in total. The topological polar surface area (TPSA) is 67.3 Å². The summed E-state index contributed by atoms with van der Waals surface area (Å²) in [4.78, 5) is 22.4. The molecule has 2 aliphatic heterocycles. The van der Waals surface area contributed by atoms with E-state index in [9.17, 15) is 4.79 Å². The molecule has 2 atom stereocenters. The van der Waals surface area contributed by atoms with Crippen molar-refractivity contribution in [3.8, 4) is 0 Å². The van der Waals surface area contributed by atoms with Crippen molar-refractivity contribution < 1.29 is 9.53 Å². The van der Waals surface area contributed by atoms with Gasteiger partial charge in [-0.05, 0) is 82.7 Å². The normalized spacial score (nSPS) is 21.6. The average molecular weight is 425 g/mol. The van der Waals surface area contributed by atoms with E-state index in [0.717, 1.165) is 37.9 Å². The van der Waals surface area contributed by atoms with Crippen LogP contribution in [0.4, 0.5) is 4.79 Å². The highest BCUT2D eigenvalue weighted by Gasteiger charge is 2.31. The third-order valence-corrected chi connectivity index (χ3v) is 5.60. The van der Waals surface area contributed by atoms with Gasteiger partial charge in [0.2, 0.25) is 0 Å². The molecule has 1 amide bonds. The van der Waals surface area contributed by atoms with Gasteiger partial charge in [0.1, 0.15) is 5.60 Å². The first-order valence-electron chi connectivity index (χ1n) is 11.5. The van der Waals surface area contributed by atoms with E-state index in [2.05, 4.69) is 21.4 Å². The van der Waals surface area contributed by atoms with Crippen LogP contribution >= 0.6 is 0 Å². The van der Waals surface area contributed by atoms with Crippen LogP contribution in [0.25, 0.3) is 0 Å². The van der Waals surface area contributed by atoms with Crippen molar-refractivity contribution in [2.24, 2.45) is 0 Å². The molecule has 4 rings (SSSR count). The Bertz CT molecular complexity index is 786. The number of nitrogens with zero attached hydrogens (tertiary/aromatic N) is 3. The van der Waals surface area contributed by atoms with E-state index in [4.69, 9.17) is 4.74 Å². The van der Waals surface area contributed by atoms with Crippen molar-refractivity contribution in [1.29, 1.82) is 0 Å². The fraction of sp³-hybridized carbons (Fsp3) is 0.560. The number of hydrogen-bond donors (Lipinski definition) is 1. The Labute approximate surface area is 186 Å². The van der Waals surface area contributed by atoms with E-state index >= 15 is 0 Å². The second-order valence-electron chi connectivity index (χ2n) is 9.26. The second kappa shape index (κ2) is 11.2. The lowest BCUT2D eigenvalue weighted by Crippen LogP contribution is -2.41. The maximum absolute atomic E-state index is 12.3. The Hall–Kier alpha value is -2.47. The molecule has 2 fully saturated rings. The molecule has 0 spiro atoms. The molecular weight excluding hydrogens is 388 g/mol. The van der Waals surface area contributed by atoms with Crippen LogP contribution in [0.1, 0.15) is 82.5 Å². The minimum Gasteiger partial charge on any atom is -0.444 e. The van der Waals surface area contributed by atoms with Gasteiger partial charge in [0, 0.05) is 37.4 Å².